The number of carbonyl (C=O) groups is 4. The van der Waals surface area contributed by atoms with Crippen LogP contribution in [0.2, 0.25) is 0 Å². The number of methoxy groups -OCH3 is 2. The number of amides is 4. The number of hydrogen-bond acceptors (Lipinski definition) is 8. The Bertz CT molecular complexity index is 2020. The van der Waals surface area contributed by atoms with Crippen LogP contribution >= 0.6 is 0 Å². The van der Waals surface area contributed by atoms with Gasteiger partial charge in [0.05, 0.1) is 50.1 Å². The standard InChI is InChI=1S/2C25H34N4O3.Fe/c2*1-16(2)22(28-25(31)32-3)24(30)29-14-6-9-21(29)23-26-15-20(27-23)19-12-10-18(11-13-19)17-7-4-5-8-17;/h2*10-13,15-17,21-22H,4-9,14H2,1-3H3,(H,26,27)(H,28,31);. The molecule has 2 aromatic heterocycles. The van der Waals surface area contributed by atoms with Gasteiger partial charge in [-0.1, -0.05) is 102 Å². The molecule has 0 spiro atoms. The molecule has 2 saturated heterocycles. The van der Waals surface area contributed by atoms with Crippen LogP contribution in [0.5, 0.6) is 0 Å². The summed E-state index contributed by atoms with van der Waals surface area (Å²) in [4.78, 5) is 69.9. The molecular formula is C50H68FeN8O6. The van der Waals surface area contributed by atoms with Gasteiger partial charge in [-0.2, -0.15) is 0 Å². The first kappa shape index (κ1) is 49.3. The molecule has 4 amide bonds. The molecule has 65 heavy (non-hydrogen) atoms. The predicted molar refractivity (Wildman–Crippen MR) is 246 cm³/mol. The first-order chi connectivity index (χ1) is 30.9. The van der Waals surface area contributed by atoms with E-state index in [0.717, 1.165) is 59.8 Å². The molecule has 0 bridgehead atoms. The molecule has 2 aliphatic carbocycles. The summed E-state index contributed by atoms with van der Waals surface area (Å²) in [5, 5.41) is 5.38. The van der Waals surface area contributed by atoms with Crippen molar-refractivity contribution in [2.24, 2.45) is 11.8 Å². The molecule has 4 aromatic rings. The van der Waals surface area contributed by atoms with Crippen molar-refractivity contribution in [3.05, 3.63) is 83.7 Å². The van der Waals surface area contributed by atoms with E-state index in [1.807, 2.05) is 49.9 Å². The Morgan fingerprint density at radius 2 is 0.923 bits per heavy atom. The molecule has 2 aromatic carbocycles. The van der Waals surface area contributed by atoms with Gasteiger partial charge in [-0.05, 0) is 97.3 Å². The number of benzene rings is 2. The third kappa shape index (κ3) is 11.8. The van der Waals surface area contributed by atoms with E-state index in [1.165, 1.54) is 76.7 Å². The number of aromatic amines is 2. The first-order valence-electron chi connectivity index (χ1n) is 23.6. The van der Waals surface area contributed by atoms with Crippen LogP contribution in [0.1, 0.15) is 151 Å². The Morgan fingerprint density at radius 3 is 1.25 bits per heavy atom. The number of hydrogen-bond donors (Lipinski definition) is 4. The zero-order valence-corrected chi connectivity index (χ0v) is 40.0. The fourth-order valence-corrected chi connectivity index (χ4v) is 10.1. The van der Waals surface area contributed by atoms with Gasteiger partial charge in [0.25, 0.3) is 0 Å². The number of ether oxygens (including phenoxy) is 2. The maximum Gasteiger partial charge on any atom is 0.407 e. The zero-order chi connectivity index (χ0) is 45.3. The SMILES string of the molecule is COC(=O)NC(C(=O)N1CCCC1c1ncc(-c2ccc(C3CCCC3)cc2)[nH]1)C(C)C.COC(=O)NC(C(=O)N1CCCC1c1ncc(-c2ccc(C3CCCC3)cc2)[nH]1)C(C)C.[Fe]. The van der Waals surface area contributed by atoms with Crippen LogP contribution in [0, 0.1) is 11.8 Å². The third-order valence-electron chi connectivity index (χ3n) is 13.8. The van der Waals surface area contributed by atoms with E-state index in [-0.39, 0.29) is 52.8 Å². The zero-order valence-electron chi connectivity index (χ0n) is 38.9. The Morgan fingerprint density at radius 1 is 0.569 bits per heavy atom. The van der Waals surface area contributed by atoms with Crippen molar-refractivity contribution < 1.29 is 45.7 Å². The molecule has 4 unspecified atom stereocenters. The van der Waals surface area contributed by atoms with E-state index in [4.69, 9.17) is 9.47 Å². The van der Waals surface area contributed by atoms with Crippen LogP contribution in [-0.2, 0) is 36.1 Å². The number of H-pyrrole nitrogens is 2. The normalized spacial score (nSPS) is 19.7. The Labute approximate surface area is 394 Å². The molecule has 2 aliphatic heterocycles. The van der Waals surface area contributed by atoms with Gasteiger partial charge in [0.2, 0.25) is 11.8 Å². The van der Waals surface area contributed by atoms with E-state index < -0.39 is 24.3 Å². The molecule has 8 rings (SSSR count). The number of rotatable bonds is 12. The topological polar surface area (TPSA) is 175 Å². The number of alkyl carbamates (subject to hydrolysis) is 2. The van der Waals surface area contributed by atoms with Crippen LogP contribution in [0.15, 0.2) is 60.9 Å². The summed E-state index contributed by atoms with van der Waals surface area (Å²) in [7, 11) is 2.61. The van der Waals surface area contributed by atoms with Crippen molar-refractivity contribution in [3.63, 3.8) is 0 Å². The largest absolute Gasteiger partial charge is 0.453 e. The molecule has 4 heterocycles. The second kappa shape index (κ2) is 22.9. The van der Waals surface area contributed by atoms with Crippen LogP contribution in [0.3, 0.4) is 0 Å². The summed E-state index contributed by atoms with van der Waals surface area (Å²) in [5.41, 5.74) is 6.99. The number of aromatic nitrogens is 4. The fourth-order valence-electron chi connectivity index (χ4n) is 10.1. The molecule has 4 aliphatic rings. The number of nitrogens with zero attached hydrogens (tertiary/aromatic N) is 4. The molecule has 4 N–H and O–H groups in total. The fraction of sp³-hybridized carbons (Fsp3) is 0.560. The summed E-state index contributed by atoms with van der Waals surface area (Å²) in [6, 6.07) is 16.1. The van der Waals surface area contributed by atoms with E-state index in [1.54, 1.807) is 0 Å². The summed E-state index contributed by atoms with van der Waals surface area (Å²) in [6.45, 7) is 8.99. The van der Waals surface area contributed by atoms with Gasteiger partial charge in [-0.25, -0.2) is 19.6 Å². The average Bonchev–Trinajstić information content (AvgIpc) is 4.17. The monoisotopic (exact) mass is 932 g/mol. The molecular weight excluding hydrogens is 864 g/mol. The van der Waals surface area contributed by atoms with Crippen molar-refractivity contribution in [2.45, 2.75) is 141 Å². The van der Waals surface area contributed by atoms with E-state index in [2.05, 4.69) is 79.1 Å². The van der Waals surface area contributed by atoms with Crippen molar-refractivity contribution in [2.75, 3.05) is 27.3 Å². The summed E-state index contributed by atoms with van der Waals surface area (Å²) in [5.74, 6) is 2.72. The molecule has 4 fully saturated rings. The molecule has 0 radical (unpaired) electrons. The van der Waals surface area contributed by atoms with Gasteiger partial charge >= 0.3 is 12.2 Å². The predicted octanol–water partition coefficient (Wildman–Crippen LogP) is 9.55. The summed E-state index contributed by atoms with van der Waals surface area (Å²) < 4.78 is 9.42. The van der Waals surface area contributed by atoms with Crippen molar-refractivity contribution in [1.29, 1.82) is 0 Å². The van der Waals surface area contributed by atoms with Crippen molar-refractivity contribution >= 4 is 24.0 Å². The molecule has 15 heteroatoms. The van der Waals surface area contributed by atoms with E-state index in [9.17, 15) is 19.2 Å². The van der Waals surface area contributed by atoms with Crippen LogP contribution in [0.4, 0.5) is 9.59 Å². The van der Waals surface area contributed by atoms with Crippen molar-refractivity contribution in [1.82, 2.24) is 40.4 Å². The minimum Gasteiger partial charge on any atom is -0.453 e. The maximum absolute atomic E-state index is 13.3. The third-order valence-corrected chi connectivity index (χ3v) is 13.8. The van der Waals surface area contributed by atoms with E-state index >= 15 is 0 Å². The second-order valence-electron chi connectivity index (χ2n) is 18.7. The quantitative estimate of drug-likeness (QED) is 0.102. The molecule has 4 atom stereocenters. The second-order valence-corrected chi connectivity index (χ2v) is 18.7. The Kier molecular flexibility index (Phi) is 17.3. The number of likely N-dealkylation sites (tertiary alicyclic amines) is 2. The van der Waals surface area contributed by atoms with E-state index in [0.29, 0.717) is 24.9 Å². The minimum absolute atomic E-state index is 0. The average molecular weight is 933 g/mol. The van der Waals surface area contributed by atoms with Gasteiger partial charge in [-0.15, -0.1) is 0 Å². The smallest absolute Gasteiger partial charge is 0.407 e. The molecule has 14 nitrogen and oxygen atoms in total. The van der Waals surface area contributed by atoms with Crippen molar-refractivity contribution in [3.8, 4) is 22.5 Å². The number of imidazole rings is 2. The minimum atomic E-state index is -0.624. The molecule has 352 valence electrons. The van der Waals surface area contributed by atoms with Gasteiger partial charge in [0.15, 0.2) is 0 Å². The Hall–Kier alpha value is -5.14. The molecule has 2 saturated carbocycles. The number of carbonyl (C=O) groups excluding carboxylic acids is 4. The van der Waals surface area contributed by atoms with Gasteiger partial charge in [0.1, 0.15) is 23.7 Å². The van der Waals surface area contributed by atoms with Gasteiger partial charge in [-0.3, -0.25) is 9.59 Å². The van der Waals surface area contributed by atoms with Gasteiger partial charge < -0.3 is 39.9 Å². The van der Waals surface area contributed by atoms with Crippen LogP contribution in [-0.4, -0.2) is 93.1 Å². The summed E-state index contributed by atoms with van der Waals surface area (Å²) >= 11 is 0. The van der Waals surface area contributed by atoms with Crippen LogP contribution in [0.25, 0.3) is 22.5 Å². The Balaban J connectivity index is 0.000000212. The van der Waals surface area contributed by atoms with Crippen LogP contribution < -0.4 is 10.6 Å². The maximum atomic E-state index is 13.3. The van der Waals surface area contributed by atoms with Gasteiger partial charge in [0, 0.05) is 30.2 Å². The summed E-state index contributed by atoms with van der Waals surface area (Å²) in [6.07, 6.45) is 16.6. The first-order valence-corrected chi connectivity index (χ1v) is 23.6. The number of nitrogens with one attached hydrogen (secondary N) is 4.